The lowest BCUT2D eigenvalue weighted by atomic mass is 10.0. The molecule has 128 valence electrons. The highest BCUT2D eigenvalue weighted by atomic mass is 16.3. The molecule has 3 rings (SSSR count). The highest BCUT2D eigenvalue weighted by Crippen LogP contribution is 2.32. The zero-order chi connectivity index (χ0) is 18.8. The SMILES string of the molecule is Cc1ccc(Cn2nc(N)c(-c3ccc(C#N)c(O)c3)c2C)cc1C#N. The van der Waals surface area contributed by atoms with Crippen molar-refractivity contribution in [3.05, 3.63) is 64.3 Å². The quantitative estimate of drug-likeness (QED) is 0.758. The molecule has 6 nitrogen and oxygen atoms in total. The summed E-state index contributed by atoms with van der Waals surface area (Å²) < 4.78 is 1.77. The number of nitrogens with two attached hydrogens (primary N) is 1. The average molecular weight is 343 g/mol. The highest BCUT2D eigenvalue weighted by molar-refractivity contribution is 5.77. The zero-order valence-corrected chi connectivity index (χ0v) is 14.5. The normalized spacial score (nSPS) is 10.3. The Balaban J connectivity index is 2.00. The van der Waals surface area contributed by atoms with Crippen molar-refractivity contribution in [3.63, 3.8) is 0 Å². The van der Waals surface area contributed by atoms with Gasteiger partial charge in [0.15, 0.2) is 5.82 Å². The van der Waals surface area contributed by atoms with Crippen molar-refractivity contribution in [2.24, 2.45) is 0 Å². The lowest BCUT2D eigenvalue weighted by Gasteiger charge is -2.08. The molecular formula is C20H17N5O. The van der Waals surface area contributed by atoms with Gasteiger partial charge in [-0.25, -0.2) is 0 Å². The van der Waals surface area contributed by atoms with E-state index in [0.717, 1.165) is 22.4 Å². The molecule has 2 aromatic carbocycles. The van der Waals surface area contributed by atoms with Gasteiger partial charge in [0.25, 0.3) is 0 Å². The molecule has 0 unspecified atom stereocenters. The molecule has 0 aliphatic heterocycles. The van der Waals surface area contributed by atoms with Crippen molar-refractivity contribution in [1.82, 2.24) is 9.78 Å². The zero-order valence-electron chi connectivity index (χ0n) is 14.5. The predicted octanol–water partition coefficient (Wildman–Crippen LogP) is 3.25. The number of nitriles is 2. The number of anilines is 1. The van der Waals surface area contributed by atoms with E-state index in [1.165, 1.54) is 6.07 Å². The number of benzene rings is 2. The fourth-order valence-electron chi connectivity index (χ4n) is 2.92. The Bertz CT molecular complexity index is 1080. The Labute approximate surface area is 151 Å². The first kappa shape index (κ1) is 17.1. The molecule has 1 heterocycles. The Kier molecular flexibility index (Phi) is 4.34. The van der Waals surface area contributed by atoms with Crippen molar-refractivity contribution in [1.29, 1.82) is 10.5 Å². The molecule has 0 saturated heterocycles. The van der Waals surface area contributed by atoms with Crippen LogP contribution in [0.5, 0.6) is 5.75 Å². The molecule has 0 amide bonds. The number of hydrogen-bond acceptors (Lipinski definition) is 5. The summed E-state index contributed by atoms with van der Waals surface area (Å²) in [4.78, 5) is 0. The summed E-state index contributed by atoms with van der Waals surface area (Å²) in [6, 6.07) is 14.6. The third-order valence-corrected chi connectivity index (χ3v) is 4.40. The minimum atomic E-state index is -0.0891. The van der Waals surface area contributed by atoms with Gasteiger partial charge in [-0.2, -0.15) is 15.6 Å². The van der Waals surface area contributed by atoms with Gasteiger partial charge in [-0.05, 0) is 48.7 Å². The Hall–Kier alpha value is -3.77. The fraction of sp³-hybridized carbons (Fsp3) is 0.150. The predicted molar refractivity (Wildman–Crippen MR) is 98.2 cm³/mol. The molecule has 0 aliphatic carbocycles. The number of nitrogens with zero attached hydrogens (tertiary/aromatic N) is 4. The first-order valence-electron chi connectivity index (χ1n) is 8.00. The van der Waals surface area contributed by atoms with E-state index in [0.29, 0.717) is 23.5 Å². The molecule has 26 heavy (non-hydrogen) atoms. The van der Waals surface area contributed by atoms with Gasteiger partial charge in [-0.15, -0.1) is 0 Å². The maximum absolute atomic E-state index is 9.94. The second-order valence-corrected chi connectivity index (χ2v) is 6.11. The molecule has 3 N–H and O–H groups in total. The number of phenols is 1. The third kappa shape index (κ3) is 2.97. The molecule has 6 heteroatoms. The highest BCUT2D eigenvalue weighted by Gasteiger charge is 2.16. The topological polar surface area (TPSA) is 112 Å². The van der Waals surface area contributed by atoms with Gasteiger partial charge in [0, 0.05) is 11.3 Å². The Morgan fingerprint density at radius 2 is 1.81 bits per heavy atom. The van der Waals surface area contributed by atoms with Crippen molar-refractivity contribution in [2.75, 3.05) is 5.73 Å². The van der Waals surface area contributed by atoms with E-state index in [4.69, 9.17) is 11.0 Å². The van der Waals surface area contributed by atoms with Crippen LogP contribution in [0.2, 0.25) is 0 Å². The minimum absolute atomic E-state index is 0.0891. The van der Waals surface area contributed by atoms with Gasteiger partial charge in [-0.1, -0.05) is 18.2 Å². The number of aromatic nitrogens is 2. The van der Waals surface area contributed by atoms with E-state index < -0.39 is 0 Å². The van der Waals surface area contributed by atoms with Crippen molar-refractivity contribution in [2.45, 2.75) is 20.4 Å². The van der Waals surface area contributed by atoms with E-state index >= 15 is 0 Å². The molecule has 0 bridgehead atoms. The van der Waals surface area contributed by atoms with Crippen LogP contribution in [-0.2, 0) is 6.54 Å². The summed E-state index contributed by atoms with van der Waals surface area (Å²) in [6.07, 6.45) is 0. The summed E-state index contributed by atoms with van der Waals surface area (Å²) in [5.74, 6) is 0.257. The molecule has 0 fully saturated rings. The number of aromatic hydroxyl groups is 1. The first-order valence-corrected chi connectivity index (χ1v) is 8.00. The van der Waals surface area contributed by atoms with Crippen LogP contribution < -0.4 is 5.73 Å². The molecule has 3 aromatic rings. The average Bonchev–Trinajstić information content (AvgIpc) is 2.90. The van der Waals surface area contributed by atoms with Crippen molar-refractivity contribution in [3.8, 4) is 29.0 Å². The number of rotatable bonds is 3. The molecular weight excluding hydrogens is 326 g/mol. The maximum atomic E-state index is 9.94. The van der Waals surface area contributed by atoms with Crippen LogP contribution in [0.3, 0.4) is 0 Å². The summed E-state index contributed by atoms with van der Waals surface area (Å²) in [7, 11) is 0. The lowest BCUT2D eigenvalue weighted by Crippen LogP contribution is -2.05. The van der Waals surface area contributed by atoms with Gasteiger partial charge in [0.2, 0.25) is 0 Å². The molecule has 0 saturated carbocycles. The molecule has 0 atom stereocenters. The second-order valence-electron chi connectivity index (χ2n) is 6.11. The fourth-order valence-corrected chi connectivity index (χ4v) is 2.92. The summed E-state index contributed by atoms with van der Waals surface area (Å²) in [6.45, 7) is 4.27. The standard InChI is InChI=1S/C20H17N5O/c1-12-3-4-14(7-17(12)10-22)11-25-13(2)19(20(23)24-25)15-5-6-16(9-21)18(26)8-15/h3-8,26H,11H2,1-2H3,(H2,23,24). The van der Waals surface area contributed by atoms with E-state index in [1.807, 2.05) is 38.1 Å². The number of phenolic OH excluding ortho intramolecular Hbond substituents is 1. The van der Waals surface area contributed by atoms with Gasteiger partial charge in [0.1, 0.15) is 11.8 Å². The monoisotopic (exact) mass is 343 g/mol. The van der Waals surface area contributed by atoms with E-state index in [-0.39, 0.29) is 11.3 Å². The van der Waals surface area contributed by atoms with Crippen molar-refractivity contribution >= 4 is 5.82 Å². The van der Waals surface area contributed by atoms with Gasteiger partial charge < -0.3 is 10.8 Å². The van der Waals surface area contributed by atoms with Crippen LogP contribution in [0.1, 0.15) is 27.9 Å². The van der Waals surface area contributed by atoms with Gasteiger partial charge in [-0.3, -0.25) is 4.68 Å². The maximum Gasteiger partial charge on any atom is 0.153 e. The minimum Gasteiger partial charge on any atom is -0.507 e. The molecule has 0 aliphatic rings. The van der Waals surface area contributed by atoms with Crippen LogP contribution in [0.25, 0.3) is 11.1 Å². The van der Waals surface area contributed by atoms with E-state index in [9.17, 15) is 10.4 Å². The smallest absolute Gasteiger partial charge is 0.153 e. The largest absolute Gasteiger partial charge is 0.507 e. The van der Waals surface area contributed by atoms with E-state index in [2.05, 4.69) is 11.2 Å². The Morgan fingerprint density at radius 3 is 2.46 bits per heavy atom. The van der Waals surface area contributed by atoms with Crippen LogP contribution in [-0.4, -0.2) is 14.9 Å². The molecule has 1 aromatic heterocycles. The van der Waals surface area contributed by atoms with Crippen LogP contribution in [0.15, 0.2) is 36.4 Å². The lowest BCUT2D eigenvalue weighted by molar-refractivity contribution is 0.474. The van der Waals surface area contributed by atoms with Crippen LogP contribution in [0, 0.1) is 36.5 Å². The second kappa shape index (κ2) is 6.62. The van der Waals surface area contributed by atoms with Crippen LogP contribution in [0.4, 0.5) is 5.82 Å². The summed E-state index contributed by atoms with van der Waals surface area (Å²) in [5, 5.41) is 32.5. The third-order valence-electron chi connectivity index (χ3n) is 4.40. The molecule has 0 radical (unpaired) electrons. The van der Waals surface area contributed by atoms with E-state index in [1.54, 1.807) is 16.8 Å². The molecule has 0 spiro atoms. The van der Waals surface area contributed by atoms with Crippen LogP contribution >= 0.6 is 0 Å². The number of nitrogen functional groups attached to an aromatic ring is 1. The van der Waals surface area contributed by atoms with Gasteiger partial charge >= 0.3 is 0 Å². The number of aryl methyl sites for hydroxylation is 1. The Morgan fingerprint density at radius 1 is 1.08 bits per heavy atom. The van der Waals surface area contributed by atoms with Crippen molar-refractivity contribution < 1.29 is 5.11 Å². The summed E-state index contributed by atoms with van der Waals surface area (Å²) >= 11 is 0. The van der Waals surface area contributed by atoms with Gasteiger partial charge in [0.05, 0.1) is 23.7 Å². The summed E-state index contributed by atoms with van der Waals surface area (Å²) in [5.41, 5.74) is 11.1. The first-order chi connectivity index (χ1) is 12.4. The number of hydrogen-bond donors (Lipinski definition) is 2.